The summed E-state index contributed by atoms with van der Waals surface area (Å²) in [6, 6.07) is 15.0. The molecule has 0 bridgehead atoms. The van der Waals surface area contributed by atoms with Crippen LogP contribution in [0.2, 0.25) is 0 Å². The zero-order chi connectivity index (χ0) is 16.9. The van der Waals surface area contributed by atoms with Crippen LogP contribution >= 0.6 is 12.4 Å². The van der Waals surface area contributed by atoms with Gasteiger partial charge in [0.2, 0.25) is 5.91 Å². The Morgan fingerprint density at radius 1 is 1.20 bits per heavy atom. The number of fused-ring (bicyclic) bond motifs is 1. The van der Waals surface area contributed by atoms with Gasteiger partial charge in [0.15, 0.2) is 11.5 Å². The van der Waals surface area contributed by atoms with Crippen molar-refractivity contribution in [1.29, 1.82) is 0 Å². The lowest BCUT2D eigenvalue weighted by atomic mass is 10.1. The van der Waals surface area contributed by atoms with Gasteiger partial charge in [0, 0.05) is 13.0 Å². The van der Waals surface area contributed by atoms with Crippen LogP contribution in [0.3, 0.4) is 0 Å². The number of rotatable bonds is 6. The van der Waals surface area contributed by atoms with Crippen LogP contribution in [0.15, 0.2) is 52.9 Å². The van der Waals surface area contributed by atoms with Crippen LogP contribution in [0, 0.1) is 6.92 Å². The van der Waals surface area contributed by atoms with Crippen LogP contribution in [0.4, 0.5) is 0 Å². The standard InChI is InChI=1S/C19H21N3O2.ClH/c1-13-6-5-9-16-18(13)22-17(24-16)10-11-21-19(23)15(20)12-14-7-3-2-4-8-14;/h2-9,15H,10-12,20H2,1H3,(H,21,23);1H. The molecule has 0 aliphatic carbocycles. The zero-order valence-electron chi connectivity index (χ0n) is 14.1. The Morgan fingerprint density at radius 3 is 2.68 bits per heavy atom. The average Bonchev–Trinajstić information content (AvgIpc) is 3.00. The van der Waals surface area contributed by atoms with Crippen LogP contribution in [0.5, 0.6) is 0 Å². The molecule has 5 nitrogen and oxygen atoms in total. The van der Waals surface area contributed by atoms with Gasteiger partial charge in [-0.1, -0.05) is 42.5 Å². The molecule has 1 aromatic heterocycles. The Balaban J connectivity index is 0.00000225. The fourth-order valence-electron chi connectivity index (χ4n) is 2.62. The summed E-state index contributed by atoms with van der Waals surface area (Å²) in [5.74, 6) is 0.461. The second-order valence-electron chi connectivity index (χ2n) is 5.87. The summed E-state index contributed by atoms with van der Waals surface area (Å²) in [5, 5.41) is 2.85. The Labute approximate surface area is 153 Å². The number of hydrogen-bond acceptors (Lipinski definition) is 4. The third kappa shape index (κ3) is 4.81. The van der Waals surface area contributed by atoms with Crippen molar-refractivity contribution in [2.24, 2.45) is 5.73 Å². The van der Waals surface area contributed by atoms with E-state index in [4.69, 9.17) is 10.2 Å². The van der Waals surface area contributed by atoms with Crippen LogP contribution in [0.25, 0.3) is 11.1 Å². The van der Waals surface area contributed by atoms with E-state index in [1.807, 2.05) is 55.5 Å². The van der Waals surface area contributed by atoms with Crippen molar-refractivity contribution in [3.05, 3.63) is 65.5 Å². The maximum absolute atomic E-state index is 12.1. The highest BCUT2D eigenvalue weighted by atomic mass is 35.5. The molecule has 0 spiro atoms. The Bertz CT molecular complexity index is 833. The van der Waals surface area contributed by atoms with E-state index < -0.39 is 6.04 Å². The van der Waals surface area contributed by atoms with Gasteiger partial charge < -0.3 is 15.5 Å². The zero-order valence-corrected chi connectivity index (χ0v) is 14.9. The van der Waals surface area contributed by atoms with Crippen LogP contribution in [-0.4, -0.2) is 23.5 Å². The molecule has 1 atom stereocenters. The van der Waals surface area contributed by atoms with E-state index in [9.17, 15) is 4.79 Å². The number of halogens is 1. The van der Waals surface area contributed by atoms with Gasteiger partial charge in [-0.25, -0.2) is 4.98 Å². The van der Waals surface area contributed by atoms with E-state index in [1.165, 1.54) is 0 Å². The summed E-state index contributed by atoms with van der Waals surface area (Å²) in [5.41, 5.74) is 9.74. The molecular weight excluding hydrogens is 338 g/mol. The molecule has 1 unspecified atom stereocenters. The molecule has 2 aromatic carbocycles. The van der Waals surface area contributed by atoms with Crippen LogP contribution in [-0.2, 0) is 17.6 Å². The molecule has 0 saturated heterocycles. The number of carbonyl (C=O) groups is 1. The van der Waals surface area contributed by atoms with Gasteiger partial charge in [-0.05, 0) is 30.5 Å². The van der Waals surface area contributed by atoms with Crippen molar-refractivity contribution >= 4 is 29.4 Å². The molecule has 0 radical (unpaired) electrons. The molecular formula is C19H22ClN3O2. The van der Waals surface area contributed by atoms with Crippen molar-refractivity contribution < 1.29 is 9.21 Å². The smallest absolute Gasteiger partial charge is 0.237 e. The highest BCUT2D eigenvalue weighted by molar-refractivity contribution is 5.85. The highest BCUT2D eigenvalue weighted by Gasteiger charge is 2.14. The first-order valence-corrected chi connectivity index (χ1v) is 8.06. The van der Waals surface area contributed by atoms with E-state index in [2.05, 4.69) is 10.3 Å². The first kappa shape index (κ1) is 19.0. The molecule has 3 aromatic rings. The normalized spacial score (nSPS) is 11.8. The number of nitrogens with one attached hydrogen (secondary N) is 1. The molecule has 1 amide bonds. The molecule has 0 fully saturated rings. The van der Waals surface area contributed by atoms with Gasteiger partial charge in [-0.2, -0.15) is 0 Å². The Kier molecular flexibility index (Phi) is 6.56. The minimum atomic E-state index is -0.557. The first-order chi connectivity index (χ1) is 11.6. The summed E-state index contributed by atoms with van der Waals surface area (Å²) in [6.45, 7) is 2.45. The predicted molar refractivity (Wildman–Crippen MR) is 101 cm³/mol. The topological polar surface area (TPSA) is 81.2 Å². The number of nitrogens with zero attached hydrogens (tertiary/aromatic N) is 1. The lowest BCUT2D eigenvalue weighted by Gasteiger charge is -2.11. The number of nitrogens with two attached hydrogens (primary N) is 1. The largest absolute Gasteiger partial charge is 0.441 e. The first-order valence-electron chi connectivity index (χ1n) is 8.06. The third-order valence-electron chi connectivity index (χ3n) is 3.94. The summed E-state index contributed by atoms with van der Waals surface area (Å²) >= 11 is 0. The minimum Gasteiger partial charge on any atom is -0.441 e. The molecule has 0 aliphatic heterocycles. The van der Waals surface area contributed by atoms with Crippen molar-refractivity contribution in [1.82, 2.24) is 10.3 Å². The van der Waals surface area contributed by atoms with Gasteiger partial charge in [-0.3, -0.25) is 4.79 Å². The van der Waals surface area contributed by atoms with Crippen molar-refractivity contribution in [2.75, 3.05) is 6.54 Å². The number of benzene rings is 2. The van der Waals surface area contributed by atoms with E-state index in [0.717, 1.165) is 22.2 Å². The number of oxazole rings is 1. The van der Waals surface area contributed by atoms with Gasteiger partial charge in [-0.15, -0.1) is 12.4 Å². The van der Waals surface area contributed by atoms with E-state index in [0.29, 0.717) is 25.3 Å². The van der Waals surface area contributed by atoms with Gasteiger partial charge in [0.25, 0.3) is 0 Å². The van der Waals surface area contributed by atoms with Crippen LogP contribution in [0.1, 0.15) is 17.0 Å². The maximum atomic E-state index is 12.1. The fourth-order valence-corrected chi connectivity index (χ4v) is 2.62. The molecule has 3 rings (SSSR count). The number of carbonyl (C=O) groups excluding carboxylic acids is 1. The van der Waals surface area contributed by atoms with E-state index in [-0.39, 0.29) is 18.3 Å². The predicted octanol–water partition coefficient (Wildman–Crippen LogP) is 2.79. The molecule has 1 heterocycles. The lowest BCUT2D eigenvalue weighted by Crippen LogP contribution is -2.42. The summed E-state index contributed by atoms with van der Waals surface area (Å²) in [4.78, 5) is 16.5. The van der Waals surface area contributed by atoms with E-state index >= 15 is 0 Å². The monoisotopic (exact) mass is 359 g/mol. The highest BCUT2D eigenvalue weighted by Crippen LogP contribution is 2.18. The molecule has 0 saturated carbocycles. The second-order valence-corrected chi connectivity index (χ2v) is 5.87. The number of aromatic nitrogens is 1. The molecule has 3 N–H and O–H groups in total. The number of hydrogen-bond donors (Lipinski definition) is 2. The summed E-state index contributed by atoms with van der Waals surface area (Å²) in [6.07, 6.45) is 1.06. The number of amides is 1. The third-order valence-corrected chi connectivity index (χ3v) is 3.94. The lowest BCUT2D eigenvalue weighted by molar-refractivity contribution is -0.122. The fraction of sp³-hybridized carbons (Fsp3) is 0.263. The quantitative estimate of drug-likeness (QED) is 0.709. The molecule has 0 aliphatic rings. The summed E-state index contributed by atoms with van der Waals surface area (Å²) in [7, 11) is 0. The SMILES string of the molecule is Cc1cccc2oc(CCNC(=O)C(N)Cc3ccccc3)nc12.Cl. The van der Waals surface area contributed by atoms with Crippen molar-refractivity contribution in [2.45, 2.75) is 25.8 Å². The van der Waals surface area contributed by atoms with Gasteiger partial charge in [0.1, 0.15) is 5.52 Å². The van der Waals surface area contributed by atoms with E-state index in [1.54, 1.807) is 0 Å². The van der Waals surface area contributed by atoms with Gasteiger partial charge in [0.05, 0.1) is 6.04 Å². The van der Waals surface area contributed by atoms with Crippen molar-refractivity contribution in [3.8, 4) is 0 Å². The Hall–Kier alpha value is -2.37. The molecule has 132 valence electrons. The maximum Gasteiger partial charge on any atom is 0.237 e. The summed E-state index contributed by atoms with van der Waals surface area (Å²) < 4.78 is 5.69. The number of aryl methyl sites for hydroxylation is 1. The van der Waals surface area contributed by atoms with Gasteiger partial charge >= 0.3 is 0 Å². The van der Waals surface area contributed by atoms with Crippen LogP contribution < -0.4 is 11.1 Å². The Morgan fingerprint density at radius 2 is 1.96 bits per heavy atom. The minimum absolute atomic E-state index is 0. The second kappa shape index (κ2) is 8.65. The average molecular weight is 360 g/mol. The molecule has 6 heteroatoms. The van der Waals surface area contributed by atoms with Crippen molar-refractivity contribution in [3.63, 3.8) is 0 Å². The number of para-hydroxylation sites is 1. The molecule has 25 heavy (non-hydrogen) atoms.